The Hall–Kier alpha value is -1.73. The fraction of sp³-hybridized carbons (Fsp3) is 0.286. The fourth-order valence-electron chi connectivity index (χ4n) is 0.976. The maximum atomic E-state index is 10.4. The van der Waals surface area contributed by atoms with Crippen molar-refractivity contribution in [2.45, 2.75) is 6.04 Å². The number of aliphatic hydroxyl groups is 1. The molecular formula is C7H10N4O3. The molecule has 0 bridgehead atoms. The molecule has 1 unspecified atom stereocenters. The summed E-state index contributed by atoms with van der Waals surface area (Å²) in [6.07, 6.45) is 1.04. The van der Waals surface area contributed by atoms with Crippen molar-refractivity contribution in [3.63, 3.8) is 0 Å². The van der Waals surface area contributed by atoms with E-state index < -0.39 is 11.0 Å². The van der Waals surface area contributed by atoms with Gasteiger partial charge in [-0.15, -0.1) is 0 Å². The van der Waals surface area contributed by atoms with Gasteiger partial charge in [0.1, 0.15) is 12.0 Å². The zero-order valence-electron chi connectivity index (χ0n) is 7.25. The van der Waals surface area contributed by atoms with Crippen molar-refractivity contribution in [1.29, 1.82) is 0 Å². The first-order valence-electron chi connectivity index (χ1n) is 3.82. The normalized spacial score (nSPS) is 12.4. The first-order chi connectivity index (χ1) is 6.56. The molecule has 0 aliphatic rings. The zero-order chi connectivity index (χ0) is 10.7. The molecule has 1 aromatic rings. The first-order valence-corrected chi connectivity index (χ1v) is 3.82. The predicted octanol–water partition coefficient (Wildman–Crippen LogP) is -0.436. The fourth-order valence-corrected chi connectivity index (χ4v) is 0.976. The van der Waals surface area contributed by atoms with Crippen LogP contribution in [0.2, 0.25) is 0 Å². The Morgan fingerprint density at radius 3 is 2.86 bits per heavy atom. The third kappa shape index (κ3) is 1.95. The number of anilines is 1. The van der Waals surface area contributed by atoms with E-state index in [1.54, 1.807) is 0 Å². The average molecular weight is 198 g/mol. The molecule has 0 amide bonds. The van der Waals surface area contributed by atoms with E-state index in [4.69, 9.17) is 16.6 Å². The summed E-state index contributed by atoms with van der Waals surface area (Å²) in [5.41, 5.74) is 11.0. The van der Waals surface area contributed by atoms with E-state index in [9.17, 15) is 10.1 Å². The molecule has 7 nitrogen and oxygen atoms in total. The summed E-state index contributed by atoms with van der Waals surface area (Å²) in [5, 5.41) is 19.2. The third-order valence-corrected chi connectivity index (χ3v) is 1.74. The van der Waals surface area contributed by atoms with Crippen molar-refractivity contribution >= 4 is 11.5 Å². The number of pyridine rings is 1. The average Bonchev–Trinajstić information content (AvgIpc) is 2.17. The molecule has 0 radical (unpaired) electrons. The van der Waals surface area contributed by atoms with Gasteiger partial charge in [-0.25, -0.2) is 4.98 Å². The number of rotatable bonds is 3. The summed E-state index contributed by atoms with van der Waals surface area (Å²) in [6.45, 7) is -0.340. The minimum atomic E-state index is -0.748. The van der Waals surface area contributed by atoms with Gasteiger partial charge in [-0.1, -0.05) is 0 Å². The van der Waals surface area contributed by atoms with E-state index >= 15 is 0 Å². The summed E-state index contributed by atoms with van der Waals surface area (Å²) in [6, 6.07) is 0.464. The Morgan fingerprint density at radius 2 is 2.36 bits per heavy atom. The van der Waals surface area contributed by atoms with Gasteiger partial charge in [-0.05, 0) is 0 Å². The number of nitrogen functional groups attached to an aromatic ring is 1. The zero-order valence-corrected chi connectivity index (χ0v) is 7.25. The molecule has 76 valence electrons. The molecule has 7 heteroatoms. The molecule has 5 N–H and O–H groups in total. The van der Waals surface area contributed by atoms with Gasteiger partial charge < -0.3 is 16.6 Å². The van der Waals surface area contributed by atoms with Crippen molar-refractivity contribution in [3.05, 3.63) is 27.9 Å². The van der Waals surface area contributed by atoms with Crippen LogP contribution in [0.25, 0.3) is 0 Å². The van der Waals surface area contributed by atoms with Crippen LogP contribution in [0.1, 0.15) is 11.6 Å². The minimum absolute atomic E-state index is 0.0946. The van der Waals surface area contributed by atoms with Crippen LogP contribution in [0.15, 0.2) is 12.3 Å². The minimum Gasteiger partial charge on any atom is -0.394 e. The molecule has 0 aliphatic carbocycles. The van der Waals surface area contributed by atoms with E-state index in [0.717, 1.165) is 6.20 Å². The highest BCUT2D eigenvalue weighted by Crippen LogP contribution is 2.21. The van der Waals surface area contributed by atoms with Crippen LogP contribution in [0.3, 0.4) is 0 Å². The second-order valence-electron chi connectivity index (χ2n) is 2.71. The Balaban J connectivity index is 3.14. The lowest BCUT2D eigenvalue weighted by atomic mass is 10.1. The van der Waals surface area contributed by atoms with Crippen molar-refractivity contribution in [2.75, 3.05) is 12.3 Å². The molecule has 0 fully saturated rings. The molecular weight excluding hydrogens is 188 g/mol. The van der Waals surface area contributed by atoms with Gasteiger partial charge in [0.15, 0.2) is 0 Å². The van der Waals surface area contributed by atoms with Crippen molar-refractivity contribution in [1.82, 2.24) is 4.98 Å². The van der Waals surface area contributed by atoms with Gasteiger partial charge in [0.25, 0.3) is 5.69 Å². The second-order valence-corrected chi connectivity index (χ2v) is 2.71. The van der Waals surface area contributed by atoms with Crippen LogP contribution in [-0.2, 0) is 0 Å². The maximum absolute atomic E-state index is 10.4. The standard InChI is InChI=1S/C7H10N4O3/c8-6(3-12)5-1-4(11(13)14)2-10-7(5)9/h1-2,6,12H,3,8H2,(H2,9,10). The van der Waals surface area contributed by atoms with E-state index in [-0.39, 0.29) is 23.7 Å². The number of nitrogens with two attached hydrogens (primary N) is 2. The van der Waals surface area contributed by atoms with Crippen LogP contribution >= 0.6 is 0 Å². The number of nitro groups is 1. The second kappa shape index (κ2) is 3.99. The predicted molar refractivity (Wildman–Crippen MR) is 49.3 cm³/mol. The third-order valence-electron chi connectivity index (χ3n) is 1.74. The maximum Gasteiger partial charge on any atom is 0.288 e. The molecule has 0 saturated heterocycles. The summed E-state index contributed by atoms with van der Waals surface area (Å²) < 4.78 is 0. The largest absolute Gasteiger partial charge is 0.394 e. The molecule has 0 aromatic carbocycles. The number of hydrogen-bond acceptors (Lipinski definition) is 6. The van der Waals surface area contributed by atoms with Crippen molar-refractivity contribution < 1.29 is 10.0 Å². The molecule has 1 heterocycles. The number of aliphatic hydroxyl groups excluding tert-OH is 1. The molecule has 1 rings (SSSR count). The van der Waals surface area contributed by atoms with Crippen LogP contribution in [0, 0.1) is 10.1 Å². The molecule has 0 aliphatic heterocycles. The highest BCUT2D eigenvalue weighted by Gasteiger charge is 2.15. The van der Waals surface area contributed by atoms with E-state index in [0.29, 0.717) is 0 Å². The van der Waals surface area contributed by atoms with E-state index in [1.807, 2.05) is 0 Å². The SMILES string of the molecule is Nc1ncc([N+](=O)[O-])cc1C(N)CO. The summed E-state index contributed by atoms with van der Waals surface area (Å²) in [5.74, 6) is 0.0946. The smallest absolute Gasteiger partial charge is 0.288 e. The van der Waals surface area contributed by atoms with Crippen LogP contribution in [-0.4, -0.2) is 21.6 Å². The molecule has 1 atom stereocenters. The van der Waals surface area contributed by atoms with Gasteiger partial charge in [-0.3, -0.25) is 10.1 Å². The van der Waals surface area contributed by atoms with Crippen LogP contribution in [0.4, 0.5) is 11.5 Å². The van der Waals surface area contributed by atoms with Gasteiger partial charge in [0.2, 0.25) is 0 Å². The van der Waals surface area contributed by atoms with Crippen molar-refractivity contribution in [2.24, 2.45) is 5.73 Å². The summed E-state index contributed by atoms with van der Waals surface area (Å²) in [4.78, 5) is 13.4. The van der Waals surface area contributed by atoms with E-state index in [2.05, 4.69) is 4.98 Å². The van der Waals surface area contributed by atoms with Crippen LogP contribution in [0.5, 0.6) is 0 Å². The number of aromatic nitrogens is 1. The Bertz CT molecular complexity index is 355. The Kier molecular flexibility index (Phi) is 2.95. The molecule has 0 spiro atoms. The lowest BCUT2D eigenvalue weighted by Crippen LogP contribution is -2.17. The molecule has 14 heavy (non-hydrogen) atoms. The van der Waals surface area contributed by atoms with Crippen molar-refractivity contribution in [3.8, 4) is 0 Å². The molecule has 1 aromatic heterocycles. The Morgan fingerprint density at radius 1 is 1.71 bits per heavy atom. The van der Waals surface area contributed by atoms with Gasteiger partial charge in [-0.2, -0.15) is 0 Å². The topological polar surface area (TPSA) is 128 Å². The van der Waals surface area contributed by atoms with Gasteiger partial charge >= 0.3 is 0 Å². The Labute approximate surface area is 79.5 Å². The van der Waals surface area contributed by atoms with Gasteiger partial charge in [0, 0.05) is 11.6 Å². The van der Waals surface area contributed by atoms with Crippen LogP contribution < -0.4 is 11.5 Å². The summed E-state index contributed by atoms with van der Waals surface area (Å²) >= 11 is 0. The monoisotopic (exact) mass is 198 g/mol. The summed E-state index contributed by atoms with van der Waals surface area (Å²) in [7, 11) is 0. The van der Waals surface area contributed by atoms with E-state index in [1.165, 1.54) is 6.07 Å². The first kappa shape index (κ1) is 10.4. The molecule has 0 saturated carbocycles. The quantitative estimate of drug-likeness (QED) is 0.446. The highest BCUT2D eigenvalue weighted by molar-refractivity contribution is 5.47. The number of hydrogen-bond donors (Lipinski definition) is 3. The highest BCUT2D eigenvalue weighted by atomic mass is 16.6. The number of nitrogens with zero attached hydrogens (tertiary/aromatic N) is 2. The van der Waals surface area contributed by atoms with Gasteiger partial charge in [0.05, 0.1) is 17.6 Å². The lowest BCUT2D eigenvalue weighted by molar-refractivity contribution is -0.385. The lowest BCUT2D eigenvalue weighted by Gasteiger charge is -2.09.